The van der Waals surface area contributed by atoms with E-state index in [1.807, 2.05) is 0 Å². The Labute approximate surface area is 353 Å². The van der Waals surface area contributed by atoms with E-state index in [1.54, 1.807) is 36.4 Å². The predicted octanol–water partition coefficient (Wildman–Crippen LogP) is 3.73. The highest BCUT2D eigenvalue weighted by molar-refractivity contribution is 6.25. The molecule has 0 saturated carbocycles. The molecule has 1 unspecified atom stereocenters. The number of oxazole rings is 1. The molecular weight excluding hydrogens is 830 g/mol. The van der Waals surface area contributed by atoms with Gasteiger partial charge in [-0.25, -0.2) is 14.6 Å². The van der Waals surface area contributed by atoms with Gasteiger partial charge in [0.25, 0.3) is 23.6 Å². The Bertz CT molecular complexity index is 2830. The number of rotatable bonds is 13. The Morgan fingerprint density at radius 1 is 0.968 bits per heavy atom. The molecule has 2 aliphatic heterocycles. The number of primary amides is 1. The maximum atomic E-state index is 13.2. The van der Waals surface area contributed by atoms with Gasteiger partial charge in [-0.2, -0.15) is 18.3 Å². The van der Waals surface area contributed by atoms with Gasteiger partial charge >= 0.3 is 6.18 Å². The Kier molecular flexibility index (Phi) is 12.1. The van der Waals surface area contributed by atoms with E-state index in [1.165, 1.54) is 35.3 Å². The average molecular weight is 861 g/mol. The minimum Gasteiger partial charge on any atom is -0.444 e. The molecule has 318 valence electrons. The van der Waals surface area contributed by atoms with Crippen molar-refractivity contribution in [3.05, 3.63) is 101 Å². The fourth-order valence-corrected chi connectivity index (χ4v) is 6.44. The number of halogens is 3. The van der Waals surface area contributed by atoms with E-state index in [9.17, 15) is 46.7 Å². The van der Waals surface area contributed by atoms with Crippen LogP contribution in [0.1, 0.15) is 77.7 Å². The number of carbonyl (C=O) groups excluding carboxylic acids is 7. The van der Waals surface area contributed by atoms with Gasteiger partial charge in [0, 0.05) is 42.3 Å². The first-order valence-corrected chi connectivity index (χ1v) is 18.8. The van der Waals surface area contributed by atoms with Gasteiger partial charge in [-0.1, -0.05) is 17.9 Å². The summed E-state index contributed by atoms with van der Waals surface area (Å²) in [5.74, 6) is 6.34. The second-order valence-corrected chi connectivity index (χ2v) is 13.7. The number of anilines is 3. The number of amides is 6. The number of pyridine rings is 1. The Balaban J connectivity index is 0.906. The van der Waals surface area contributed by atoms with Crippen molar-refractivity contribution < 1.29 is 51.2 Å². The number of imide groups is 2. The van der Waals surface area contributed by atoms with Gasteiger partial charge in [-0.15, -0.1) is 0 Å². The highest BCUT2D eigenvalue weighted by Crippen LogP contribution is 2.32. The van der Waals surface area contributed by atoms with Gasteiger partial charge < -0.3 is 26.1 Å². The molecule has 1 fully saturated rings. The quantitative estimate of drug-likeness (QED) is 0.0644. The summed E-state index contributed by atoms with van der Waals surface area (Å²) < 4.78 is 44.4. The van der Waals surface area contributed by atoms with Crippen LogP contribution in [-0.4, -0.2) is 91.2 Å². The molecule has 0 aliphatic carbocycles. The highest BCUT2D eigenvalue weighted by atomic mass is 19.4. The number of piperidine rings is 1. The standard InChI is InChI=1S/C42H31F3N10O8/c43-42(44,45)22-49-32-19-24(16-18-48-32)39-51-29(21-63-39)37(59)50-28-20-54(53-35(28)36(46)58)25-12-10-23(11-13-25)31(56)9-4-2-1-3-5-17-47-27-8-6-7-26-34(27)41(62)55(40(26)61)30-14-15-33(57)52-38(30)60/h6-8,10-13,16,18-21,30,47H,4,9,14-15,17,22H2,(H2,46,58)(H,48,49)(H,50,59)(H,52,57,60). The summed E-state index contributed by atoms with van der Waals surface area (Å²) in [6.45, 7) is -1.25. The maximum Gasteiger partial charge on any atom is 0.405 e. The van der Waals surface area contributed by atoms with Crippen molar-refractivity contribution >= 4 is 58.4 Å². The lowest BCUT2D eigenvalue weighted by Crippen LogP contribution is -2.54. The number of alkyl halides is 3. The SMILES string of the molecule is NC(=O)c1nn(-c2ccc(C(=O)CCC#CC#CCNc3cccc4c3C(=O)N(C3CCC(=O)NC3=O)C4=O)cc2)cc1NC(=O)c1coc(-c2ccnc(NCC(F)(F)F)c2)n1. The van der Waals surface area contributed by atoms with Crippen molar-refractivity contribution in [2.75, 3.05) is 29.0 Å². The number of benzene rings is 2. The van der Waals surface area contributed by atoms with Crippen molar-refractivity contribution in [1.29, 1.82) is 0 Å². The molecular formula is C42H31F3N10O8. The Morgan fingerprint density at radius 2 is 1.75 bits per heavy atom. The highest BCUT2D eigenvalue weighted by Gasteiger charge is 2.45. The first-order chi connectivity index (χ1) is 30.2. The van der Waals surface area contributed by atoms with Gasteiger partial charge in [0.05, 0.1) is 35.2 Å². The van der Waals surface area contributed by atoms with Crippen LogP contribution in [0.5, 0.6) is 0 Å². The van der Waals surface area contributed by atoms with Crippen LogP contribution in [0.3, 0.4) is 0 Å². The van der Waals surface area contributed by atoms with E-state index < -0.39 is 54.2 Å². The lowest BCUT2D eigenvalue weighted by Gasteiger charge is -2.27. The third-order valence-corrected chi connectivity index (χ3v) is 9.41. The van der Waals surface area contributed by atoms with Crippen molar-refractivity contribution in [2.24, 2.45) is 5.73 Å². The Hall–Kier alpha value is -8.59. The third-order valence-electron chi connectivity index (χ3n) is 9.41. The van der Waals surface area contributed by atoms with Crippen LogP contribution in [0.25, 0.3) is 17.1 Å². The van der Waals surface area contributed by atoms with Crippen molar-refractivity contribution in [1.82, 2.24) is 30.0 Å². The van der Waals surface area contributed by atoms with E-state index in [2.05, 4.69) is 60.0 Å². The topological polar surface area (TPSA) is 254 Å². The zero-order valence-corrected chi connectivity index (χ0v) is 32.5. The van der Waals surface area contributed by atoms with Gasteiger partial charge in [-0.05, 0) is 66.8 Å². The normalized spacial score (nSPS) is 14.5. The molecule has 2 aliphatic rings. The lowest BCUT2D eigenvalue weighted by atomic mass is 10.0. The first kappa shape index (κ1) is 42.5. The van der Waals surface area contributed by atoms with Crippen molar-refractivity contribution in [2.45, 2.75) is 37.9 Å². The van der Waals surface area contributed by atoms with Crippen LogP contribution < -0.4 is 27.0 Å². The number of hydrogen-bond donors (Lipinski definition) is 5. The summed E-state index contributed by atoms with van der Waals surface area (Å²) in [6, 6.07) is 12.5. The molecule has 1 saturated heterocycles. The number of hydrogen-bond acceptors (Lipinski definition) is 13. The van der Waals surface area contributed by atoms with E-state index in [-0.39, 0.29) is 83.5 Å². The number of ketones is 1. The molecule has 18 nitrogen and oxygen atoms in total. The second-order valence-electron chi connectivity index (χ2n) is 13.7. The summed E-state index contributed by atoms with van der Waals surface area (Å²) >= 11 is 0. The molecule has 1 atom stereocenters. The maximum absolute atomic E-state index is 13.2. The minimum absolute atomic E-state index is 0.00728. The lowest BCUT2D eigenvalue weighted by molar-refractivity contribution is -0.136. The molecule has 7 rings (SSSR count). The van der Waals surface area contributed by atoms with Gasteiger partial charge in [0.2, 0.25) is 17.7 Å². The van der Waals surface area contributed by atoms with E-state index in [0.717, 1.165) is 11.2 Å². The van der Waals surface area contributed by atoms with Gasteiger partial charge in [0.15, 0.2) is 17.2 Å². The number of carbonyl (C=O) groups is 7. The molecule has 0 bridgehead atoms. The van der Waals surface area contributed by atoms with Gasteiger partial charge in [-0.3, -0.25) is 43.8 Å². The third kappa shape index (κ3) is 9.74. The van der Waals surface area contributed by atoms with Crippen LogP contribution in [0.4, 0.5) is 30.4 Å². The monoisotopic (exact) mass is 860 g/mol. The summed E-state index contributed by atoms with van der Waals surface area (Å²) in [5.41, 5.74) is 6.54. The van der Waals surface area contributed by atoms with E-state index >= 15 is 0 Å². The zero-order valence-electron chi connectivity index (χ0n) is 32.5. The fourth-order valence-electron chi connectivity index (χ4n) is 6.44. The molecule has 2 aromatic carbocycles. The number of Topliss-reactive ketones (excluding diaryl/α,β-unsaturated/α-hetero) is 1. The van der Waals surface area contributed by atoms with E-state index in [4.69, 9.17) is 10.2 Å². The molecule has 0 radical (unpaired) electrons. The summed E-state index contributed by atoms with van der Waals surface area (Å²) in [4.78, 5) is 97.1. The average Bonchev–Trinajstić information content (AvgIpc) is 3.98. The van der Waals surface area contributed by atoms with E-state index in [0.29, 0.717) is 16.9 Å². The second kappa shape index (κ2) is 17.9. The largest absolute Gasteiger partial charge is 0.444 e. The first-order valence-electron chi connectivity index (χ1n) is 18.8. The van der Waals surface area contributed by atoms with Crippen LogP contribution >= 0.6 is 0 Å². The molecule has 6 amide bonds. The fraction of sp³-hybridized carbons (Fsp3) is 0.190. The molecule has 3 aromatic heterocycles. The van der Waals surface area contributed by atoms with Crippen molar-refractivity contribution in [3.8, 4) is 40.8 Å². The molecule has 21 heteroatoms. The Morgan fingerprint density at radius 3 is 2.49 bits per heavy atom. The molecule has 6 N–H and O–H groups in total. The zero-order chi connectivity index (χ0) is 44.8. The summed E-state index contributed by atoms with van der Waals surface area (Å²) in [5, 5.41) is 14.0. The predicted molar refractivity (Wildman–Crippen MR) is 215 cm³/mol. The van der Waals surface area contributed by atoms with Crippen LogP contribution in [0.15, 0.2) is 77.7 Å². The summed E-state index contributed by atoms with van der Waals surface area (Å²) in [6.07, 6.45) is -0.564. The van der Waals surface area contributed by atoms with Crippen LogP contribution in [0.2, 0.25) is 0 Å². The van der Waals surface area contributed by atoms with Crippen molar-refractivity contribution in [3.63, 3.8) is 0 Å². The van der Waals surface area contributed by atoms with Crippen LogP contribution in [-0.2, 0) is 9.59 Å². The molecule has 5 heterocycles. The number of fused-ring (bicyclic) bond motifs is 1. The molecule has 63 heavy (non-hydrogen) atoms. The number of nitrogens with zero attached hydrogens (tertiary/aromatic N) is 5. The summed E-state index contributed by atoms with van der Waals surface area (Å²) in [7, 11) is 0. The number of nitrogens with one attached hydrogen (secondary N) is 4. The number of nitrogens with two attached hydrogens (primary N) is 1. The molecule has 5 aromatic rings. The number of aromatic nitrogens is 4. The smallest absolute Gasteiger partial charge is 0.405 e. The van der Waals surface area contributed by atoms with Crippen LogP contribution in [0, 0.1) is 23.7 Å². The minimum atomic E-state index is -4.47. The van der Waals surface area contributed by atoms with Gasteiger partial charge in [0.1, 0.15) is 24.7 Å². The molecule has 0 spiro atoms.